The smallest absolute Gasteiger partial charge is 0.409 e. The number of rotatable bonds is 4. The van der Waals surface area contributed by atoms with Crippen molar-refractivity contribution in [2.75, 3.05) is 7.05 Å². The van der Waals surface area contributed by atoms with Gasteiger partial charge in [0.1, 0.15) is 11.5 Å². The van der Waals surface area contributed by atoms with Gasteiger partial charge in [-0.05, 0) is 25.1 Å². The highest BCUT2D eigenvalue weighted by Crippen LogP contribution is 2.41. The van der Waals surface area contributed by atoms with Crippen LogP contribution < -0.4 is 9.47 Å². The molecule has 0 fully saturated rings. The number of halogens is 1. The van der Waals surface area contributed by atoms with E-state index in [0.717, 1.165) is 10.5 Å². The Labute approximate surface area is 147 Å². The number of ketones is 1. The lowest BCUT2D eigenvalue weighted by Gasteiger charge is -2.20. The van der Waals surface area contributed by atoms with Crippen molar-refractivity contribution in [3.8, 4) is 16.6 Å². The molecule has 2 aromatic rings. The molecule has 3 rings (SSSR count). The summed E-state index contributed by atoms with van der Waals surface area (Å²) in [5, 5.41) is 9.98. The summed E-state index contributed by atoms with van der Waals surface area (Å²) in [6.45, 7) is 1.50. The summed E-state index contributed by atoms with van der Waals surface area (Å²) in [4.78, 5) is 24.1. The van der Waals surface area contributed by atoms with Crippen LogP contribution in [-0.4, -0.2) is 35.2 Å². The van der Waals surface area contributed by atoms with Gasteiger partial charge < -0.3 is 14.6 Å². The molecule has 0 saturated carbocycles. The van der Waals surface area contributed by atoms with Crippen molar-refractivity contribution < 1.29 is 24.2 Å². The van der Waals surface area contributed by atoms with Crippen molar-refractivity contribution in [1.29, 1.82) is 0 Å². The minimum Gasteiger partial charge on any atom is -0.468 e. The number of fused-ring (bicyclic) bond motifs is 1. The van der Waals surface area contributed by atoms with E-state index in [2.05, 4.69) is 0 Å². The number of carbonyl (C=O) groups excluding carboxylic acids is 1. The van der Waals surface area contributed by atoms with Crippen molar-refractivity contribution in [2.45, 2.75) is 19.6 Å². The van der Waals surface area contributed by atoms with Crippen molar-refractivity contribution >= 4 is 34.8 Å². The number of ether oxygens (including phenoxy) is 2. The van der Waals surface area contributed by atoms with Crippen LogP contribution in [0.15, 0.2) is 24.3 Å². The first-order valence-corrected chi connectivity index (χ1v) is 8.28. The fourth-order valence-corrected chi connectivity index (χ4v) is 3.39. The summed E-state index contributed by atoms with van der Waals surface area (Å²) in [5.74, 6) is 0.963. The molecule has 1 aromatic heterocycles. The number of hydrogen-bond donors (Lipinski definition) is 1. The minimum absolute atomic E-state index is 0.0187. The van der Waals surface area contributed by atoms with Crippen LogP contribution >= 0.6 is 22.9 Å². The predicted octanol–water partition coefficient (Wildman–Crippen LogP) is 4.27. The molecule has 1 amide bonds. The number of thiophene rings is 1. The molecule has 8 heteroatoms. The molecule has 0 bridgehead atoms. The van der Waals surface area contributed by atoms with E-state index in [1.54, 1.807) is 24.3 Å². The van der Waals surface area contributed by atoms with Gasteiger partial charge in [-0.3, -0.25) is 9.69 Å². The molecule has 0 spiro atoms. The van der Waals surface area contributed by atoms with Crippen molar-refractivity contribution in [1.82, 2.24) is 4.90 Å². The number of amides is 1. The van der Waals surface area contributed by atoms with Gasteiger partial charge in [0, 0.05) is 25.1 Å². The van der Waals surface area contributed by atoms with Gasteiger partial charge in [0.05, 0.1) is 9.90 Å². The first-order chi connectivity index (χ1) is 11.3. The minimum atomic E-state index is -1.07. The summed E-state index contributed by atoms with van der Waals surface area (Å²) < 4.78 is 11.4. The normalized spacial score (nSPS) is 15.5. The Kier molecular flexibility index (Phi) is 4.38. The van der Waals surface area contributed by atoms with Crippen LogP contribution in [0.2, 0.25) is 5.02 Å². The van der Waals surface area contributed by atoms with Gasteiger partial charge in [-0.15, -0.1) is 0 Å². The number of benzene rings is 1. The van der Waals surface area contributed by atoms with Crippen LogP contribution in [0.25, 0.3) is 0 Å². The third-order valence-corrected chi connectivity index (χ3v) is 4.97. The number of Topliss-reactive ketones (excluding diaryl/α,β-unsaturated/α-hetero) is 1. The van der Waals surface area contributed by atoms with Crippen LogP contribution in [-0.2, 0) is 6.42 Å². The molecule has 24 heavy (non-hydrogen) atoms. The van der Waals surface area contributed by atoms with E-state index >= 15 is 0 Å². The van der Waals surface area contributed by atoms with E-state index in [9.17, 15) is 9.59 Å². The van der Waals surface area contributed by atoms with E-state index in [-0.39, 0.29) is 5.78 Å². The zero-order valence-corrected chi connectivity index (χ0v) is 14.5. The number of carboxylic acid groups (broad SMARTS) is 1. The topological polar surface area (TPSA) is 76.1 Å². The molecule has 6 nitrogen and oxygen atoms in total. The van der Waals surface area contributed by atoms with E-state index in [0.29, 0.717) is 32.9 Å². The first kappa shape index (κ1) is 16.6. The maximum Gasteiger partial charge on any atom is 0.409 e. The number of carbonyl (C=O) groups is 2. The van der Waals surface area contributed by atoms with E-state index in [1.807, 2.05) is 0 Å². The highest BCUT2D eigenvalue weighted by molar-refractivity contribution is 7.15. The molecule has 1 unspecified atom stereocenters. The molecule has 1 atom stereocenters. The first-order valence-electron chi connectivity index (χ1n) is 7.08. The maximum atomic E-state index is 11.3. The molecule has 0 saturated heterocycles. The van der Waals surface area contributed by atoms with Crippen molar-refractivity contribution in [3.63, 3.8) is 0 Å². The highest BCUT2D eigenvalue weighted by Gasteiger charge is 2.31. The maximum absolute atomic E-state index is 11.3. The molecular formula is C16H14ClNO5S. The van der Waals surface area contributed by atoms with Crippen LogP contribution in [0.3, 0.4) is 0 Å². The second-order valence-electron chi connectivity index (χ2n) is 5.34. The third kappa shape index (κ3) is 3.18. The lowest BCUT2D eigenvalue weighted by Crippen LogP contribution is -2.38. The van der Waals surface area contributed by atoms with Crippen LogP contribution in [0.5, 0.6) is 16.6 Å². The van der Waals surface area contributed by atoms with Gasteiger partial charge in [-0.2, -0.15) is 0 Å². The summed E-state index contributed by atoms with van der Waals surface area (Å²) in [5.41, 5.74) is 0.777. The van der Waals surface area contributed by atoms with Crippen molar-refractivity contribution in [2.24, 2.45) is 0 Å². The van der Waals surface area contributed by atoms with Gasteiger partial charge in [-0.1, -0.05) is 22.9 Å². The Morgan fingerprint density at radius 1 is 1.42 bits per heavy atom. The average Bonchev–Trinajstić information content (AvgIpc) is 3.13. The fourth-order valence-electron chi connectivity index (χ4n) is 2.35. The van der Waals surface area contributed by atoms with Crippen LogP contribution in [0.1, 0.15) is 22.2 Å². The Morgan fingerprint density at radius 2 is 2.17 bits per heavy atom. The lowest BCUT2D eigenvalue weighted by atomic mass is 10.1. The quantitative estimate of drug-likeness (QED) is 0.817. The zero-order chi connectivity index (χ0) is 17.4. The average molecular weight is 368 g/mol. The Balaban J connectivity index is 1.81. The Bertz CT molecular complexity index is 819. The third-order valence-electron chi connectivity index (χ3n) is 3.62. The molecule has 126 valence electrons. The second-order valence-corrected chi connectivity index (χ2v) is 6.79. The lowest BCUT2D eigenvalue weighted by molar-refractivity contribution is 0.0608. The summed E-state index contributed by atoms with van der Waals surface area (Å²) in [6, 6.07) is 6.80. The van der Waals surface area contributed by atoms with Crippen LogP contribution in [0.4, 0.5) is 4.79 Å². The molecule has 0 aliphatic carbocycles. The molecular weight excluding hydrogens is 354 g/mol. The zero-order valence-electron chi connectivity index (χ0n) is 12.9. The highest BCUT2D eigenvalue weighted by atomic mass is 35.5. The Hall–Kier alpha value is -2.25. The van der Waals surface area contributed by atoms with E-state index in [4.69, 9.17) is 26.2 Å². The molecule has 1 aromatic carbocycles. The van der Waals surface area contributed by atoms with Gasteiger partial charge >= 0.3 is 6.09 Å². The molecule has 1 aliphatic heterocycles. The second kappa shape index (κ2) is 6.33. The number of likely N-dealkylation sites (N-methyl/N-ethyl adjacent to an activating group) is 1. The summed E-state index contributed by atoms with van der Waals surface area (Å²) in [6.07, 6.45) is -1.30. The number of nitrogens with zero attached hydrogens (tertiary/aromatic N) is 1. The Morgan fingerprint density at radius 3 is 2.79 bits per heavy atom. The van der Waals surface area contributed by atoms with Gasteiger partial charge in [-0.25, -0.2) is 4.79 Å². The molecule has 1 N–H and O–H groups in total. The summed E-state index contributed by atoms with van der Waals surface area (Å²) >= 11 is 7.48. The SMILES string of the molecule is CC(=O)c1ccc(Oc2cc(Cl)c3c(c2)CC(N(C)C(=O)O)O3)s1. The van der Waals surface area contributed by atoms with Gasteiger partial charge in [0.15, 0.2) is 17.1 Å². The van der Waals surface area contributed by atoms with Crippen molar-refractivity contribution in [3.05, 3.63) is 39.7 Å². The van der Waals surface area contributed by atoms with Gasteiger partial charge in [0.2, 0.25) is 0 Å². The predicted molar refractivity (Wildman–Crippen MR) is 89.8 cm³/mol. The largest absolute Gasteiger partial charge is 0.468 e. The fraction of sp³-hybridized carbons (Fsp3) is 0.250. The standard InChI is InChI=1S/C16H14ClNO5S/c1-8(19)12-3-4-14(24-12)22-10-5-9-6-13(18(2)16(20)21)23-15(9)11(17)7-10/h3-5,7,13H,6H2,1-2H3,(H,20,21). The summed E-state index contributed by atoms with van der Waals surface area (Å²) in [7, 11) is 1.44. The monoisotopic (exact) mass is 367 g/mol. The van der Waals surface area contributed by atoms with E-state index < -0.39 is 12.3 Å². The van der Waals surface area contributed by atoms with Crippen LogP contribution in [0, 0.1) is 0 Å². The molecule has 1 aliphatic rings. The van der Waals surface area contributed by atoms with E-state index in [1.165, 1.54) is 25.3 Å². The van der Waals surface area contributed by atoms with Gasteiger partial charge in [0.25, 0.3) is 0 Å². The molecule has 2 heterocycles. The molecule has 0 radical (unpaired) electrons. The number of hydrogen-bond acceptors (Lipinski definition) is 5.